The molecule has 0 bridgehead atoms. The van der Waals surface area contributed by atoms with E-state index in [-0.39, 0.29) is 12.5 Å². The van der Waals surface area contributed by atoms with Crippen molar-refractivity contribution in [2.24, 2.45) is 5.73 Å². The number of aliphatic hydroxyl groups excluding tert-OH is 1. The van der Waals surface area contributed by atoms with Gasteiger partial charge in [0.1, 0.15) is 0 Å². The first-order valence-corrected chi connectivity index (χ1v) is 4.72. The average molecular weight is 200 g/mol. The Bertz CT molecular complexity index is 265. The molecular formula is C10H14ClNO. The Balaban J connectivity index is 2.78. The minimum atomic E-state index is 0.161. The second kappa shape index (κ2) is 5.22. The number of nitrogens with two attached hydrogens (primary N) is 1. The fraction of sp³-hybridized carbons (Fsp3) is 0.400. The lowest BCUT2D eigenvalue weighted by Gasteiger charge is -2.13. The molecule has 0 spiro atoms. The van der Waals surface area contributed by atoms with Crippen molar-refractivity contribution in [1.82, 2.24) is 0 Å². The highest BCUT2D eigenvalue weighted by Crippen LogP contribution is 2.21. The Morgan fingerprint density at radius 2 is 2.23 bits per heavy atom. The second-order valence-corrected chi connectivity index (χ2v) is 3.44. The monoisotopic (exact) mass is 199 g/mol. The molecule has 0 radical (unpaired) electrons. The molecule has 1 unspecified atom stereocenters. The van der Waals surface area contributed by atoms with E-state index >= 15 is 0 Å². The Morgan fingerprint density at radius 1 is 1.46 bits per heavy atom. The zero-order valence-electron chi connectivity index (χ0n) is 7.41. The highest BCUT2D eigenvalue weighted by molar-refractivity contribution is 6.30. The van der Waals surface area contributed by atoms with Gasteiger partial charge in [0.15, 0.2) is 0 Å². The van der Waals surface area contributed by atoms with Crippen molar-refractivity contribution < 1.29 is 5.11 Å². The van der Waals surface area contributed by atoms with E-state index < -0.39 is 0 Å². The number of aliphatic hydroxyl groups is 1. The van der Waals surface area contributed by atoms with Crippen LogP contribution < -0.4 is 5.73 Å². The first-order chi connectivity index (χ1) is 6.27. The van der Waals surface area contributed by atoms with E-state index in [1.807, 2.05) is 24.3 Å². The van der Waals surface area contributed by atoms with Crippen LogP contribution in [0.3, 0.4) is 0 Å². The number of hydrogen-bond acceptors (Lipinski definition) is 2. The molecule has 0 saturated heterocycles. The van der Waals surface area contributed by atoms with Gasteiger partial charge in [-0.25, -0.2) is 0 Å². The van der Waals surface area contributed by atoms with Gasteiger partial charge in [0, 0.05) is 11.6 Å². The largest absolute Gasteiger partial charge is 0.396 e. The highest BCUT2D eigenvalue weighted by atomic mass is 35.5. The zero-order chi connectivity index (χ0) is 9.68. The minimum absolute atomic E-state index is 0.161. The maximum Gasteiger partial charge on any atom is 0.0437 e. The third kappa shape index (κ3) is 2.99. The van der Waals surface area contributed by atoms with E-state index in [9.17, 15) is 0 Å². The van der Waals surface area contributed by atoms with E-state index in [1.165, 1.54) is 0 Å². The van der Waals surface area contributed by atoms with Crippen LogP contribution in [0.1, 0.15) is 17.9 Å². The molecule has 1 aromatic rings. The molecule has 0 fully saturated rings. The quantitative estimate of drug-likeness (QED) is 0.777. The van der Waals surface area contributed by atoms with Crippen molar-refractivity contribution in [1.29, 1.82) is 0 Å². The fourth-order valence-corrected chi connectivity index (χ4v) is 1.54. The molecule has 1 atom stereocenters. The molecule has 2 nitrogen and oxygen atoms in total. The Hall–Kier alpha value is -0.570. The van der Waals surface area contributed by atoms with Gasteiger partial charge in [-0.3, -0.25) is 0 Å². The molecule has 0 aromatic heterocycles. The van der Waals surface area contributed by atoms with Gasteiger partial charge in [-0.15, -0.1) is 0 Å². The molecule has 3 heteroatoms. The van der Waals surface area contributed by atoms with Crippen LogP contribution in [0.2, 0.25) is 5.02 Å². The highest BCUT2D eigenvalue weighted by Gasteiger charge is 2.08. The van der Waals surface area contributed by atoms with E-state index in [1.54, 1.807) is 0 Å². The van der Waals surface area contributed by atoms with Gasteiger partial charge in [-0.1, -0.05) is 23.7 Å². The summed E-state index contributed by atoms with van der Waals surface area (Å²) < 4.78 is 0. The SMILES string of the molecule is NCC(CCO)c1cccc(Cl)c1. The van der Waals surface area contributed by atoms with Crippen LogP contribution >= 0.6 is 11.6 Å². The molecule has 3 N–H and O–H groups in total. The first kappa shape index (κ1) is 10.5. The fourth-order valence-electron chi connectivity index (χ4n) is 1.34. The molecule has 0 saturated carbocycles. The predicted molar refractivity (Wildman–Crippen MR) is 55.0 cm³/mol. The minimum Gasteiger partial charge on any atom is -0.396 e. The zero-order valence-corrected chi connectivity index (χ0v) is 8.17. The van der Waals surface area contributed by atoms with Crippen LogP contribution in [-0.2, 0) is 0 Å². The van der Waals surface area contributed by atoms with Crippen LogP contribution in [-0.4, -0.2) is 18.3 Å². The topological polar surface area (TPSA) is 46.2 Å². The Labute approximate surface area is 83.3 Å². The van der Waals surface area contributed by atoms with Gasteiger partial charge in [0.2, 0.25) is 0 Å². The van der Waals surface area contributed by atoms with Crippen molar-refractivity contribution >= 4 is 11.6 Å². The second-order valence-electron chi connectivity index (χ2n) is 3.00. The lowest BCUT2D eigenvalue weighted by atomic mass is 9.96. The Kier molecular flexibility index (Phi) is 4.22. The summed E-state index contributed by atoms with van der Waals surface area (Å²) in [6.07, 6.45) is 0.691. The van der Waals surface area contributed by atoms with Gasteiger partial charge in [-0.05, 0) is 36.6 Å². The predicted octanol–water partition coefficient (Wildman–Crippen LogP) is 1.76. The summed E-state index contributed by atoms with van der Waals surface area (Å²) >= 11 is 5.84. The number of benzene rings is 1. The average Bonchev–Trinajstić information content (AvgIpc) is 2.14. The van der Waals surface area contributed by atoms with Gasteiger partial charge >= 0.3 is 0 Å². The van der Waals surface area contributed by atoms with Crippen molar-refractivity contribution in [2.75, 3.05) is 13.2 Å². The van der Waals surface area contributed by atoms with Crippen LogP contribution in [0.4, 0.5) is 0 Å². The van der Waals surface area contributed by atoms with E-state index in [0.29, 0.717) is 18.0 Å². The van der Waals surface area contributed by atoms with Crippen LogP contribution in [0, 0.1) is 0 Å². The summed E-state index contributed by atoms with van der Waals surface area (Å²) in [5.41, 5.74) is 6.69. The molecule has 13 heavy (non-hydrogen) atoms. The lowest BCUT2D eigenvalue weighted by Crippen LogP contribution is -2.13. The molecule has 0 heterocycles. The van der Waals surface area contributed by atoms with Crippen LogP contribution in [0.5, 0.6) is 0 Å². The van der Waals surface area contributed by atoms with E-state index in [4.69, 9.17) is 22.4 Å². The lowest BCUT2D eigenvalue weighted by molar-refractivity contribution is 0.276. The van der Waals surface area contributed by atoms with Crippen molar-refractivity contribution in [3.8, 4) is 0 Å². The van der Waals surface area contributed by atoms with Gasteiger partial charge in [-0.2, -0.15) is 0 Å². The third-order valence-corrected chi connectivity index (χ3v) is 2.32. The molecule has 72 valence electrons. The first-order valence-electron chi connectivity index (χ1n) is 4.34. The molecule has 0 aliphatic heterocycles. The third-order valence-electron chi connectivity index (χ3n) is 2.08. The van der Waals surface area contributed by atoms with Crippen LogP contribution in [0.15, 0.2) is 24.3 Å². The van der Waals surface area contributed by atoms with Gasteiger partial charge in [0.05, 0.1) is 0 Å². The molecular weight excluding hydrogens is 186 g/mol. The van der Waals surface area contributed by atoms with Gasteiger partial charge < -0.3 is 10.8 Å². The normalized spacial score (nSPS) is 12.8. The van der Waals surface area contributed by atoms with Crippen molar-refractivity contribution in [3.63, 3.8) is 0 Å². The maximum absolute atomic E-state index is 8.81. The summed E-state index contributed by atoms with van der Waals surface area (Å²) in [7, 11) is 0. The number of rotatable bonds is 4. The molecule has 0 aliphatic rings. The van der Waals surface area contributed by atoms with E-state index in [2.05, 4.69) is 0 Å². The van der Waals surface area contributed by atoms with E-state index in [0.717, 1.165) is 5.56 Å². The summed E-state index contributed by atoms with van der Waals surface area (Å²) in [5.74, 6) is 0.212. The summed E-state index contributed by atoms with van der Waals surface area (Å²) in [4.78, 5) is 0. The summed E-state index contributed by atoms with van der Waals surface area (Å²) in [6.45, 7) is 0.704. The standard InChI is InChI=1S/C10H14ClNO/c11-10-3-1-2-8(6-10)9(7-12)4-5-13/h1-3,6,9,13H,4-5,7,12H2. The summed E-state index contributed by atoms with van der Waals surface area (Å²) in [6, 6.07) is 7.61. The van der Waals surface area contributed by atoms with Crippen LogP contribution in [0.25, 0.3) is 0 Å². The summed E-state index contributed by atoms with van der Waals surface area (Å²) in [5, 5.41) is 9.53. The number of halogens is 1. The van der Waals surface area contributed by atoms with Gasteiger partial charge in [0.25, 0.3) is 0 Å². The Morgan fingerprint density at radius 3 is 2.77 bits per heavy atom. The smallest absolute Gasteiger partial charge is 0.0437 e. The molecule has 1 aromatic carbocycles. The van der Waals surface area contributed by atoms with Crippen molar-refractivity contribution in [3.05, 3.63) is 34.9 Å². The van der Waals surface area contributed by atoms with Crippen molar-refractivity contribution in [2.45, 2.75) is 12.3 Å². The molecule has 1 rings (SSSR count). The molecule has 0 amide bonds. The number of hydrogen-bond donors (Lipinski definition) is 2. The molecule has 0 aliphatic carbocycles. The maximum atomic E-state index is 8.81.